The first-order chi connectivity index (χ1) is 30.7. The van der Waals surface area contributed by atoms with Crippen LogP contribution in [0.4, 0.5) is 5.69 Å². The molecule has 11 unspecified atom stereocenters. The van der Waals surface area contributed by atoms with Crippen LogP contribution in [-0.2, 0) is 30.0 Å². The summed E-state index contributed by atoms with van der Waals surface area (Å²) >= 11 is 0. The van der Waals surface area contributed by atoms with Gasteiger partial charge in [0.05, 0.1) is 22.5 Å². The van der Waals surface area contributed by atoms with Gasteiger partial charge in [-0.15, -0.1) is 0 Å². The molecular formula is C52H56N6O7. The van der Waals surface area contributed by atoms with Crippen molar-refractivity contribution in [3.63, 3.8) is 0 Å². The van der Waals surface area contributed by atoms with E-state index in [0.717, 1.165) is 39.0 Å². The van der Waals surface area contributed by atoms with E-state index in [9.17, 15) is 0 Å². The fraction of sp³-hybridized carbons (Fsp3) is 0.577. The van der Waals surface area contributed by atoms with Crippen molar-refractivity contribution >= 4 is 52.4 Å². The molecule has 10 fully saturated rings. The normalized spacial score (nSPS) is 43.1. The number of benzene rings is 2. The Morgan fingerprint density at radius 3 is 2.11 bits per heavy atom. The predicted molar refractivity (Wildman–Crippen MR) is 239 cm³/mol. The van der Waals surface area contributed by atoms with Gasteiger partial charge in [0.1, 0.15) is 56.6 Å². The molecule has 4 bridgehead atoms. The number of piperidine rings is 4. The topological polar surface area (TPSA) is 152 Å². The number of hydroxylamine groups is 1. The van der Waals surface area contributed by atoms with Crippen LogP contribution in [0.1, 0.15) is 128 Å². The Bertz CT molecular complexity index is 3000. The molecule has 4 amide bonds. The molecule has 3 N–H and O–H groups in total. The molecule has 11 atom stereocenters. The van der Waals surface area contributed by atoms with Gasteiger partial charge in [0.2, 0.25) is 17.7 Å². The van der Waals surface area contributed by atoms with Crippen molar-refractivity contribution in [2.45, 2.75) is 156 Å². The molecule has 65 heavy (non-hydrogen) atoms. The Morgan fingerprint density at radius 1 is 0.754 bits per heavy atom. The zero-order valence-corrected chi connectivity index (χ0v) is 38.4. The van der Waals surface area contributed by atoms with Crippen LogP contribution >= 0.6 is 0 Å². The van der Waals surface area contributed by atoms with Crippen molar-refractivity contribution in [1.29, 1.82) is 0 Å². The lowest BCUT2D eigenvalue weighted by Gasteiger charge is -2.71. The number of aromatic nitrogens is 1. The van der Waals surface area contributed by atoms with E-state index in [0.29, 0.717) is 68.6 Å². The number of amides is 4. The van der Waals surface area contributed by atoms with Crippen molar-refractivity contribution in [1.82, 2.24) is 25.0 Å². The van der Waals surface area contributed by atoms with Gasteiger partial charge in [-0.3, -0.25) is 19.2 Å². The molecule has 2 aliphatic carbocycles. The molecule has 5 spiro atoms. The Labute approximate surface area is 377 Å². The highest BCUT2D eigenvalue weighted by atomic mass is 16.5. The van der Waals surface area contributed by atoms with Gasteiger partial charge in [0, 0.05) is 63.9 Å². The first kappa shape index (κ1) is 38.0. The molecule has 13 nitrogen and oxygen atoms in total. The standard InChI is InChI=1S/C52H56N6O7/c1-44(2)19-15-25-29(64-44)13-11-27-33-36-50-28-12-14-30-26(16-20-45(3,4)65-30)35(28)58(63)38(50)47(7,8)31-23-48-17-9-21-55(48)42(61)51(31,54-40(48)59)39(50)57-41(60)49-18-10-22-56(49)43(62)52(36,57)32(24-49)46(5,6)37(33)53-34(25)27/h11-16,19-20,31-32,36,38-39,53,58H,9-10,17-18,21-24H2,1-8H3,(H,54,59). The lowest BCUT2D eigenvalue weighted by Crippen LogP contribution is -3.11. The third-order valence-electron chi connectivity index (χ3n) is 20.3. The maximum atomic E-state index is 16.8. The number of nitrogens with zero attached hydrogens (tertiary/aromatic N) is 3. The van der Waals surface area contributed by atoms with Crippen LogP contribution in [0.25, 0.3) is 23.1 Å². The number of carbonyl (C=O) groups excluding carboxylic acids is 4. The summed E-state index contributed by atoms with van der Waals surface area (Å²) in [5.74, 6) is -0.899. The number of aromatic amines is 1. The second kappa shape index (κ2) is 10.4. The number of hydrogen-bond acceptors (Lipinski definition) is 7. The summed E-state index contributed by atoms with van der Waals surface area (Å²) in [6, 6.07) is 6.31. The zero-order chi connectivity index (χ0) is 44.9. The van der Waals surface area contributed by atoms with Crippen molar-refractivity contribution < 1.29 is 33.7 Å². The van der Waals surface area contributed by atoms with Crippen LogP contribution < -0.4 is 19.9 Å². The fourth-order valence-corrected chi connectivity index (χ4v) is 18.4. The summed E-state index contributed by atoms with van der Waals surface area (Å²) in [5, 5.41) is 21.0. The molecule has 12 aliphatic heterocycles. The maximum Gasteiger partial charge on any atom is 0.251 e. The van der Waals surface area contributed by atoms with Crippen LogP contribution in [0.2, 0.25) is 0 Å². The summed E-state index contributed by atoms with van der Waals surface area (Å²) in [7, 11) is 0. The van der Waals surface area contributed by atoms with Crippen molar-refractivity contribution in [2.75, 3.05) is 13.1 Å². The number of nitrogens with one attached hydrogen (secondary N) is 3. The smallest absolute Gasteiger partial charge is 0.251 e. The molecule has 13 heterocycles. The van der Waals surface area contributed by atoms with Gasteiger partial charge < -0.3 is 44.7 Å². The van der Waals surface area contributed by atoms with E-state index in [4.69, 9.17) is 9.47 Å². The summed E-state index contributed by atoms with van der Waals surface area (Å²) in [6.07, 6.45) is 11.6. The van der Waals surface area contributed by atoms with E-state index < -0.39 is 79.4 Å². The van der Waals surface area contributed by atoms with E-state index in [1.807, 2.05) is 72.7 Å². The molecule has 1 aromatic heterocycles. The minimum Gasteiger partial charge on any atom is -0.629 e. The van der Waals surface area contributed by atoms with Gasteiger partial charge in [-0.1, -0.05) is 27.7 Å². The molecule has 17 rings (SSSR count). The fourth-order valence-electron chi connectivity index (χ4n) is 18.4. The Balaban J connectivity index is 1.15. The summed E-state index contributed by atoms with van der Waals surface area (Å²) < 4.78 is 13.2. The lowest BCUT2D eigenvalue weighted by atomic mass is 9.38. The number of carbonyl (C=O) groups is 4. The molecule has 1 saturated carbocycles. The SMILES string of the molecule is CC1(C)C=Cc2c(ccc3c2[NH+]([O-])C2C(C)(C)C4CC56CCCN5C(=O)C4(NC6=O)C4N5C(=O)C67CCCN6C(=O)C56C(C7)C(C)(C)c5[nH]c7c8c(ccc7c5C6C324)OC(C)(C)C=C8)O1. The molecule has 0 radical (unpaired) electrons. The Morgan fingerprint density at radius 2 is 1.38 bits per heavy atom. The van der Waals surface area contributed by atoms with Crippen LogP contribution in [-0.4, -0.2) is 102 Å². The average Bonchev–Trinajstić information content (AvgIpc) is 4.06. The molecule has 13 heteroatoms. The monoisotopic (exact) mass is 876 g/mol. The summed E-state index contributed by atoms with van der Waals surface area (Å²) in [4.78, 5) is 74.7. The van der Waals surface area contributed by atoms with E-state index in [1.54, 1.807) is 0 Å². The Hall–Kier alpha value is -5.14. The van der Waals surface area contributed by atoms with Crippen LogP contribution in [0.5, 0.6) is 11.5 Å². The van der Waals surface area contributed by atoms with Gasteiger partial charge >= 0.3 is 0 Å². The second-order valence-electron chi connectivity index (χ2n) is 24.4. The minimum absolute atomic E-state index is 0.0428. The lowest BCUT2D eigenvalue weighted by molar-refractivity contribution is -0.818. The number of rotatable bonds is 0. The van der Waals surface area contributed by atoms with E-state index in [-0.39, 0.29) is 28.7 Å². The van der Waals surface area contributed by atoms with Crippen molar-refractivity contribution in [3.05, 3.63) is 69.6 Å². The molecule has 336 valence electrons. The van der Waals surface area contributed by atoms with Gasteiger partial charge in [-0.25, -0.2) is 0 Å². The van der Waals surface area contributed by atoms with E-state index in [2.05, 4.69) is 56.2 Å². The van der Waals surface area contributed by atoms with Gasteiger partial charge in [0.15, 0.2) is 0 Å². The largest absolute Gasteiger partial charge is 0.629 e. The quantitative estimate of drug-likeness (QED) is 0.273. The number of piperazine rings is 2. The second-order valence-corrected chi connectivity index (χ2v) is 24.4. The molecular weight excluding hydrogens is 821 g/mol. The highest BCUT2D eigenvalue weighted by Crippen LogP contribution is 2.81. The minimum atomic E-state index is -1.63. The van der Waals surface area contributed by atoms with Crippen LogP contribution in [0, 0.1) is 22.5 Å². The van der Waals surface area contributed by atoms with E-state index >= 15 is 24.4 Å². The highest BCUT2D eigenvalue weighted by Gasteiger charge is 2.95. The maximum absolute atomic E-state index is 16.8. The average molecular weight is 877 g/mol. The van der Waals surface area contributed by atoms with Crippen molar-refractivity contribution in [2.24, 2.45) is 17.3 Å². The van der Waals surface area contributed by atoms with Crippen LogP contribution in [0.15, 0.2) is 36.4 Å². The third kappa shape index (κ3) is 3.48. The van der Waals surface area contributed by atoms with Gasteiger partial charge in [0.25, 0.3) is 5.91 Å². The number of H-pyrrole nitrogens is 1. The predicted octanol–water partition coefficient (Wildman–Crippen LogP) is 4.88. The summed E-state index contributed by atoms with van der Waals surface area (Å²) in [5.41, 5.74) is -3.69. The number of ether oxygens (including phenoxy) is 2. The molecule has 2 aromatic carbocycles. The first-order valence-electron chi connectivity index (χ1n) is 24.2. The first-order valence-corrected chi connectivity index (χ1v) is 24.2. The molecule has 9 saturated heterocycles. The number of quaternary nitrogens is 1. The van der Waals surface area contributed by atoms with Crippen molar-refractivity contribution in [3.8, 4) is 11.5 Å². The number of fused-ring (bicyclic) bond motifs is 10. The highest BCUT2D eigenvalue weighted by molar-refractivity contribution is 6.12. The van der Waals surface area contributed by atoms with Gasteiger partial charge in [-0.2, -0.15) is 0 Å². The van der Waals surface area contributed by atoms with Gasteiger partial charge in [-0.05, 0) is 120 Å². The molecule has 3 aromatic rings. The van der Waals surface area contributed by atoms with E-state index in [1.165, 1.54) is 0 Å². The third-order valence-corrected chi connectivity index (χ3v) is 20.3. The van der Waals surface area contributed by atoms with Crippen LogP contribution in [0.3, 0.4) is 0 Å². The molecule has 14 aliphatic rings. The number of hydrogen-bond donors (Lipinski definition) is 3. The summed E-state index contributed by atoms with van der Waals surface area (Å²) in [6.45, 7) is 17.7. The Kier molecular flexibility index (Phi) is 6.06. The zero-order valence-electron chi connectivity index (χ0n) is 38.4.